The number of carboxylic acids is 1. The molecule has 0 unspecified atom stereocenters. The van der Waals surface area contributed by atoms with Crippen LogP contribution < -0.4 is 5.11 Å². The number of carbonyl (C=O) groups is 1. The fourth-order valence-corrected chi connectivity index (χ4v) is 5.38. The highest BCUT2D eigenvalue weighted by molar-refractivity contribution is 7.26. The first-order valence-corrected chi connectivity index (χ1v) is 9.44. The molecule has 3 nitrogen and oxygen atoms in total. The third kappa shape index (κ3) is 2.81. The van der Waals surface area contributed by atoms with Crippen LogP contribution in [0.4, 0.5) is 0 Å². The summed E-state index contributed by atoms with van der Waals surface area (Å²) in [4.78, 5) is 18.6. The van der Waals surface area contributed by atoms with Gasteiger partial charge in [-0.1, -0.05) is 24.3 Å². The SMILES string of the molecule is O=C([O-])Cc1sc(-c2cc3ccccc3s2)nc1-c1cccs1. The molecule has 0 aliphatic carbocycles. The molecular weight excluding hydrogens is 346 g/mol. The molecule has 0 N–H and O–H groups in total. The lowest BCUT2D eigenvalue weighted by molar-refractivity contribution is -0.304. The molecule has 1 aromatic carbocycles. The van der Waals surface area contributed by atoms with Crippen molar-refractivity contribution in [2.24, 2.45) is 0 Å². The lowest BCUT2D eigenvalue weighted by Gasteiger charge is -2.00. The number of carbonyl (C=O) groups excluding carboxylic acids is 1. The first-order valence-electron chi connectivity index (χ1n) is 6.93. The smallest absolute Gasteiger partial charge is 0.134 e. The number of hydrogen-bond donors (Lipinski definition) is 0. The summed E-state index contributed by atoms with van der Waals surface area (Å²) >= 11 is 4.68. The van der Waals surface area contributed by atoms with Crippen molar-refractivity contribution >= 4 is 50.1 Å². The number of rotatable bonds is 4. The van der Waals surface area contributed by atoms with E-state index in [0.29, 0.717) is 0 Å². The van der Waals surface area contributed by atoms with Crippen LogP contribution in [0.5, 0.6) is 0 Å². The predicted octanol–water partition coefficient (Wildman–Crippen LogP) is 4.05. The van der Waals surface area contributed by atoms with Crippen LogP contribution in [0, 0.1) is 0 Å². The van der Waals surface area contributed by atoms with E-state index in [1.54, 1.807) is 22.7 Å². The number of fused-ring (bicyclic) bond motifs is 1. The van der Waals surface area contributed by atoms with Gasteiger partial charge in [0.05, 0.1) is 15.4 Å². The summed E-state index contributed by atoms with van der Waals surface area (Å²) < 4.78 is 1.21. The summed E-state index contributed by atoms with van der Waals surface area (Å²) in [5.74, 6) is -1.07. The van der Waals surface area contributed by atoms with E-state index < -0.39 is 5.97 Å². The van der Waals surface area contributed by atoms with Gasteiger partial charge in [-0.15, -0.1) is 34.0 Å². The predicted molar refractivity (Wildman–Crippen MR) is 95.0 cm³/mol. The Balaban J connectivity index is 1.84. The molecule has 4 aromatic rings. The monoisotopic (exact) mass is 356 g/mol. The molecule has 114 valence electrons. The minimum absolute atomic E-state index is 0.101. The van der Waals surface area contributed by atoms with Crippen LogP contribution in [0.2, 0.25) is 0 Å². The summed E-state index contributed by atoms with van der Waals surface area (Å²) in [7, 11) is 0. The van der Waals surface area contributed by atoms with Crippen molar-refractivity contribution in [1.82, 2.24) is 4.98 Å². The van der Waals surface area contributed by atoms with Gasteiger partial charge in [0.25, 0.3) is 0 Å². The Morgan fingerprint density at radius 1 is 1.09 bits per heavy atom. The Bertz CT molecular complexity index is 950. The summed E-state index contributed by atoms with van der Waals surface area (Å²) in [5, 5.41) is 15.1. The van der Waals surface area contributed by atoms with Crippen LogP contribution in [-0.2, 0) is 11.2 Å². The highest BCUT2D eigenvalue weighted by atomic mass is 32.1. The van der Waals surface area contributed by atoms with E-state index >= 15 is 0 Å². The standard InChI is InChI=1S/C17H11NO2S3/c19-15(20)9-13-16(12-6-3-7-21-12)18-17(23-13)14-8-10-4-1-2-5-11(10)22-14/h1-8H,9H2,(H,19,20)/p-1. The summed E-state index contributed by atoms with van der Waals surface area (Å²) in [5.41, 5.74) is 0.765. The maximum atomic E-state index is 11.1. The van der Waals surface area contributed by atoms with Gasteiger partial charge in [-0.25, -0.2) is 4.98 Å². The molecule has 0 saturated carbocycles. The lowest BCUT2D eigenvalue weighted by atomic mass is 10.2. The molecule has 0 bridgehead atoms. The number of carboxylic acid groups (broad SMARTS) is 1. The number of aliphatic carboxylic acids is 1. The normalized spacial score (nSPS) is 11.1. The first-order chi connectivity index (χ1) is 11.2. The number of aromatic nitrogens is 1. The zero-order valence-electron chi connectivity index (χ0n) is 11.8. The molecule has 0 saturated heterocycles. The molecule has 23 heavy (non-hydrogen) atoms. The molecule has 4 rings (SSSR count). The average molecular weight is 356 g/mol. The Hall–Kier alpha value is -2.02. The van der Waals surface area contributed by atoms with Crippen LogP contribution >= 0.6 is 34.0 Å². The van der Waals surface area contributed by atoms with Crippen molar-refractivity contribution in [1.29, 1.82) is 0 Å². The van der Waals surface area contributed by atoms with E-state index in [-0.39, 0.29) is 6.42 Å². The van der Waals surface area contributed by atoms with Crippen LogP contribution in [0.1, 0.15) is 4.88 Å². The fourth-order valence-electron chi connectivity index (χ4n) is 2.40. The molecule has 0 fully saturated rings. The van der Waals surface area contributed by atoms with Crippen molar-refractivity contribution in [2.45, 2.75) is 6.42 Å². The number of nitrogens with zero attached hydrogens (tertiary/aromatic N) is 1. The molecule has 0 spiro atoms. The zero-order chi connectivity index (χ0) is 15.8. The van der Waals surface area contributed by atoms with E-state index in [9.17, 15) is 9.90 Å². The topological polar surface area (TPSA) is 53.0 Å². The van der Waals surface area contributed by atoms with Gasteiger partial charge in [-0.3, -0.25) is 0 Å². The third-order valence-corrected chi connectivity index (χ3v) is 6.61. The van der Waals surface area contributed by atoms with E-state index in [0.717, 1.165) is 25.3 Å². The second-order valence-corrected chi connectivity index (χ2v) is 8.08. The van der Waals surface area contributed by atoms with Crippen molar-refractivity contribution in [3.8, 4) is 20.5 Å². The van der Waals surface area contributed by atoms with Gasteiger partial charge in [-0.2, -0.15) is 0 Å². The molecule has 3 aromatic heterocycles. The summed E-state index contributed by atoms with van der Waals surface area (Å²) in [6, 6.07) is 14.2. The largest absolute Gasteiger partial charge is 0.550 e. The number of hydrogen-bond acceptors (Lipinski definition) is 6. The minimum Gasteiger partial charge on any atom is -0.550 e. The maximum Gasteiger partial charge on any atom is 0.134 e. The molecule has 0 aliphatic rings. The van der Waals surface area contributed by atoms with Crippen LogP contribution in [0.3, 0.4) is 0 Å². The lowest BCUT2D eigenvalue weighted by Crippen LogP contribution is -2.24. The van der Waals surface area contributed by atoms with Gasteiger partial charge in [0.1, 0.15) is 5.01 Å². The van der Waals surface area contributed by atoms with Gasteiger partial charge in [-0.05, 0) is 29.0 Å². The second kappa shape index (κ2) is 5.88. The van der Waals surface area contributed by atoms with E-state index in [1.165, 1.54) is 21.4 Å². The van der Waals surface area contributed by atoms with Crippen LogP contribution in [0.15, 0.2) is 47.8 Å². The van der Waals surface area contributed by atoms with Crippen molar-refractivity contribution in [2.75, 3.05) is 0 Å². The second-order valence-electron chi connectivity index (χ2n) is 4.97. The van der Waals surface area contributed by atoms with Gasteiger partial charge < -0.3 is 9.90 Å². The minimum atomic E-state index is -1.07. The van der Waals surface area contributed by atoms with Gasteiger partial charge in [0.15, 0.2) is 0 Å². The summed E-state index contributed by atoms with van der Waals surface area (Å²) in [6.07, 6.45) is -0.101. The van der Waals surface area contributed by atoms with Crippen molar-refractivity contribution in [3.63, 3.8) is 0 Å². The Morgan fingerprint density at radius 2 is 1.96 bits per heavy atom. The average Bonchev–Trinajstić information content (AvgIpc) is 3.25. The van der Waals surface area contributed by atoms with E-state index in [2.05, 4.69) is 18.2 Å². The molecule has 0 aliphatic heterocycles. The van der Waals surface area contributed by atoms with Gasteiger partial charge in [0, 0.05) is 22.0 Å². The summed E-state index contributed by atoms with van der Waals surface area (Å²) in [6.45, 7) is 0. The first kappa shape index (κ1) is 14.6. The third-order valence-electron chi connectivity index (χ3n) is 3.39. The molecule has 3 heterocycles. The number of thiazole rings is 1. The molecular formula is C17H10NO2S3-. The van der Waals surface area contributed by atoms with Crippen molar-refractivity contribution < 1.29 is 9.90 Å². The Morgan fingerprint density at radius 3 is 2.70 bits per heavy atom. The number of benzene rings is 1. The Labute approximate surface area is 144 Å². The quantitative estimate of drug-likeness (QED) is 0.554. The van der Waals surface area contributed by atoms with E-state index in [4.69, 9.17) is 4.98 Å². The highest BCUT2D eigenvalue weighted by Gasteiger charge is 2.16. The fraction of sp³-hybridized carbons (Fsp3) is 0.0588. The molecule has 0 atom stereocenters. The van der Waals surface area contributed by atoms with Gasteiger partial charge in [0.2, 0.25) is 0 Å². The molecule has 6 heteroatoms. The van der Waals surface area contributed by atoms with Gasteiger partial charge >= 0.3 is 0 Å². The molecule has 0 radical (unpaired) electrons. The maximum absolute atomic E-state index is 11.1. The van der Waals surface area contributed by atoms with E-state index in [1.807, 2.05) is 29.6 Å². The van der Waals surface area contributed by atoms with Crippen molar-refractivity contribution in [3.05, 3.63) is 52.7 Å². The number of thiophene rings is 2. The van der Waals surface area contributed by atoms with Crippen LogP contribution in [-0.4, -0.2) is 11.0 Å². The Kier molecular flexibility index (Phi) is 3.72. The molecule has 0 amide bonds. The highest BCUT2D eigenvalue weighted by Crippen LogP contribution is 2.40. The zero-order valence-corrected chi connectivity index (χ0v) is 14.3. The van der Waals surface area contributed by atoms with Crippen LogP contribution in [0.25, 0.3) is 30.5 Å².